The number of piperazine rings is 1. The van der Waals surface area contributed by atoms with Crippen LogP contribution in [0.4, 0.5) is 0 Å². The number of amides is 4. The first kappa shape index (κ1) is 20.7. The molecule has 8 heteroatoms. The summed E-state index contributed by atoms with van der Waals surface area (Å²) in [4.78, 5) is 55.7. The van der Waals surface area contributed by atoms with Gasteiger partial charge in [-0.15, -0.1) is 0 Å². The van der Waals surface area contributed by atoms with E-state index in [-0.39, 0.29) is 35.6 Å². The molecule has 0 unspecified atom stereocenters. The molecule has 0 aliphatic carbocycles. The Morgan fingerprint density at radius 1 is 0.758 bits per heavy atom. The first-order valence-corrected chi connectivity index (χ1v) is 10.7. The molecule has 1 aromatic heterocycles. The molecule has 3 aromatic rings. The molecule has 0 saturated carbocycles. The third kappa shape index (κ3) is 3.80. The van der Waals surface area contributed by atoms with Gasteiger partial charge in [0.25, 0.3) is 23.6 Å². The fraction of sp³-hybridized carbons (Fsp3) is 0.200. The van der Waals surface area contributed by atoms with Crippen LogP contribution in [0.15, 0.2) is 71.3 Å². The predicted molar refractivity (Wildman–Crippen MR) is 118 cm³/mol. The van der Waals surface area contributed by atoms with Gasteiger partial charge in [-0.25, -0.2) is 0 Å². The number of hydrogen-bond acceptors (Lipinski definition) is 5. The van der Waals surface area contributed by atoms with Gasteiger partial charge in [0, 0.05) is 31.7 Å². The van der Waals surface area contributed by atoms with Gasteiger partial charge < -0.3 is 14.2 Å². The number of rotatable bonds is 4. The Hall–Kier alpha value is -4.20. The van der Waals surface area contributed by atoms with Crippen LogP contribution in [-0.4, -0.2) is 64.5 Å². The molecular weight excluding hydrogens is 422 g/mol. The van der Waals surface area contributed by atoms with Gasteiger partial charge in [0.2, 0.25) is 0 Å². The van der Waals surface area contributed by atoms with Crippen molar-refractivity contribution in [3.8, 4) is 0 Å². The molecule has 2 aliphatic rings. The van der Waals surface area contributed by atoms with Crippen LogP contribution in [0.3, 0.4) is 0 Å². The van der Waals surface area contributed by atoms with Crippen LogP contribution in [0.1, 0.15) is 47.2 Å². The summed E-state index contributed by atoms with van der Waals surface area (Å²) in [5, 5.41) is 0. The zero-order chi connectivity index (χ0) is 22.9. The van der Waals surface area contributed by atoms with Crippen LogP contribution >= 0.6 is 0 Å². The summed E-state index contributed by atoms with van der Waals surface area (Å²) in [6.07, 6.45) is 1.45. The summed E-state index contributed by atoms with van der Waals surface area (Å²) in [6.45, 7) is 1.70. The molecule has 5 rings (SSSR count). The lowest BCUT2D eigenvalue weighted by molar-refractivity contribution is 0.0518. The maximum absolute atomic E-state index is 13.1. The Bertz CT molecular complexity index is 1230. The van der Waals surface area contributed by atoms with Crippen molar-refractivity contribution in [3.05, 3.63) is 94.9 Å². The number of imide groups is 1. The first-order chi connectivity index (χ1) is 16.0. The van der Waals surface area contributed by atoms with E-state index in [1.165, 1.54) is 17.2 Å². The Balaban J connectivity index is 1.27. The molecule has 0 N–H and O–H groups in total. The molecule has 166 valence electrons. The fourth-order valence-corrected chi connectivity index (χ4v) is 4.18. The third-order valence-electron chi connectivity index (χ3n) is 5.99. The lowest BCUT2D eigenvalue weighted by Gasteiger charge is -2.34. The van der Waals surface area contributed by atoms with E-state index in [0.29, 0.717) is 37.3 Å². The van der Waals surface area contributed by atoms with Crippen molar-refractivity contribution in [2.45, 2.75) is 6.54 Å². The Kier molecular flexibility index (Phi) is 5.26. The molecular formula is C25H21N3O5. The smallest absolute Gasteiger partial charge is 0.289 e. The summed E-state index contributed by atoms with van der Waals surface area (Å²) in [7, 11) is 0. The quantitative estimate of drug-likeness (QED) is 0.579. The number of hydrogen-bond donors (Lipinski definition) is 0. The van der Waals surface area contributed by atoms with Gasteiger partial charge in [-0.05, 0) is 35.9 Å². The molecule has 8 nitrogen and oxygen atoms in total. The molecule has 4 amide bonds. The van der Waals surface area contributed by atoms with Crippen molar-refractivity contribution >= 4 is 23.6 Å². The van der Waals surface area contributed by atoms with Crippen LogP contribution in [0.2, 0.25) is 0 Å². The normalized spacial score (nSPS) is 15.7. The van der Waals surface area contributed by atoms with Gasteiger partial charge in [-0.2, -0.15) is 0 Å². The van der Waals surface area contributed by atoms with Crippen molar-refractivity contribution < 1.29 is 23.6 Å². The second-order valence-electron chi connectivity index (χ2n) is 8.00. The van der Waals surface area contributed by atoms with Gasteiger partial charge in [0.05, 0.1) is 23.9 Å². The summed E-state index contributed by atoms with van der Waals surface area (Å²) >= 11 is 0. The third-order valence-corrected chi connectivity index (χ3v) is 5.99. The monoisotopic (exact) mass is 443 g/mol. The minimum absolute atomic E-state index is 0.183. The van der Waals surface area contributed by atoms with Crippen LogP contribution in [0.5, 0.6) is 0 Å². The van der Waals surface area contributed by atoms with E-state index < -0.39 is 5.91 Å². The van der Waals surface area contributed by atoms with Crippen LogP contribution in [0.25, 0.3) is 0 Å². The number of furan rings is 1. The van der Waals surface area contributed by atoms with E-state index in [1.807, 2.05) is 30.3 Å². The lowest BCUT2D eigenvalue weighted by atomic mass is 10.0. The van der Waals surface area contributed by atoms with Gasteiger partial charge in [0.15, 0.2) is 5.76 Å². The van der Waals surface area contributed by atoms with Crippen molar-refractivity contribution in [2.24, 2.45) is 0 Å². The number of carbonyl (C=O) groups excluding carboxylic acids is 4. The molecule has 2 aliphatic heterocycles. The van der Waals surface area contributed by atoms with E-state index in [4.69, 9.17) is 4.42 Å². The minimum atomic E-state index is -0.401. The Morgan fingerprint density at radius 3 is 2.09 bits per heavy atom. The zero-order valence-corrected chi connectivity index (χ0v) is 17.8. The molecule has 0 atom stereocenters. The summed E-state index contributed by atoms with van der Waals surface area (Å²) in [5.41, 5.74) is 1.75. The van der Waals surface area contributed by atoms with Crippen LogP contribution in [-0.2, 0) is 6.54 Å². The average molecular weight is 443 g/mol. The number of fused-ring (bicyclic) bond motifs is 1. The maximum atomic E-state index is 13.1. The van der Waals surface area contributed by atoms with E-state index >= 15 is 0 Å². The van der Waals surface area contributed by atoms with E-state index in [2.05, 4.69) is 0 Å². The van der Waals surface area contributed by atoms with E-state index in [1.54, 1.807) is 34.1 Å². The second-order valence-corrected chi connectivity index (χ2v) is 8.00. The molecule has 3 heterocycles. The fourth-order valence-electron chi connectivity index (χ4n) is 4.18. The zero-order valence-electron chi connectivity index (χ0n) is 17.8. The number of carbonyl (C=O) groups is 4. The molecule has 0 spiro atoms. The number of nitrogens with zero attached hydrogens (tertiary/aromatic N) is 3. The lowest BCUT2D eigenvalue weighted by Crippen LogP contribution is -2.50. The van der Waals surface area contributed by atoms with Crippen molar-refractivity contribution in [2.75, 3.05) is 26.2 Å². The second kappa shape index (κ2) is 8.38. The van der Waals surface area contributed by atoms with Crippen molar-refractivity contribution in [3.63, 3.8) is 0 Å². The molecule has 33 heavy (non-hydrogen) atoms. The van der Waals surface area contributed by atoms with Gasteiger partial charge in [0.1, 0.15) is 0 Å². The molecule has 1 fully saturated rings. The number of benzene rings is 2. The van der Waals surface area contributed by atoms with Crippen LogP contribution in [0, 0.1) is 0 Å². The molecule has 1 saturated heterocycles. The average Bonchev–Trinajstić information content (AvgIpc) is 3.48. The van der Waals surface area contributed by atoms with Gasteiger partial charge in [-0.3, -0.25) is 24.1 Å². The highest BCUT2D eigenvalue weighted by Gasteiger charge is 2.36. The van der Waals surface area contributed by atoms with E-state index in [9.17, 15) is 19.2 Å². The standard InChI is InChI=1S/C25H21N3O5/c29-22(26-10-12-27(13-11-26)25(32)21-7-4-14-33-21)18-8-9-19-20(15-18)24(31)28(23(19)30)16-17-5-2-1-3-6-17/h1-9,14-15H,10-13,16H2. The van der Waals surface area contributed by atoms with Gasteiger partial charge >= 0.3 is 0 Å². The van der Waals surface area contributed by atoms with Crippen LogP contribution < -0.4 is 0 Å². The topological polar surface area (TPSA) is 91.1 Å². The van der Waals surface area contributed by atoms with E-state index in [0.717, 1.165) is 5.56 Å². The van der Waals surface area contributed by atoms with Crippen molar-refractivity contribution in [1.82, 2.24) is 14.7 Å². The Labute approximate surface area is 190 Å². The highest BCUT2D eigenvalue weighted by atomic mass is 16.3. The molecule has 0 radical (unpaired) electrons. The molecule has 0 bridgehead atoms. The summed E-state index contributed by atoms with van der Waals surface area (Å²) in [5.74, 6) is -0.918. The first-order valence-electron chi connectivity index (χ1n) is 10.7. The highest BCUT2D eigenvalue weighted by molar-refractivity contribution is 6.22. The summed E-state index contributed by atoms with van der Waals surface area (Å²) in [6, 6.07) is 17.2. The largest absolute Gasteiger partial charge is 0.459 e. The summed E-state index contributed by atoms with van der Waals surface area (Å²) < 4.78 is 5.16. The maximum Gasteiger partial charge on any atom is 0.289 e. The Morgan fingerprint density at radius 2 is 1.42 bits per heavy atom. The predicted octanol–water partition coefficient (Wildman–Crippen LogP) is 2.67. The SMILES string of the molecule is O=C(c1ccc2c(c1)C(=O)N(Cc1ccccc1)C2=O)N1CCN(C(=O)c2ccco2)CC1. The molecule has 2 aromatic carbocycles. The minimum Gasteiger partial charge on any atom is -0.459 e. The van der Waals surface area contributed by atoms with Gasteiger partial charge in [-0.1, -0.05) is 30.3 Å². The highest BCUT2D eigenvalue weighted by Crippen LogP contribution is 2.26. The van der Waals surface area contributed by atoms with Crippen molar-refractivity contribution in [1.29, 1.82) is 0 Å².